The zero-order valence-electron chi connectivity index (χ0n) is 22.5. The van der Waals surface area contributed by atoms with Crippen molar-refractivity contribution in [3.63, 3.8) is 0 Å². The lowest BCUT2D eigenvalue weighted by Crippen LogP contribution is -2.50. The van der Waals surface area contributed by atoms with Crippen molar-refractivity contribution < 1.29 is 33.1 Å². The molecule has 0 aliphatic carbocycles. The third-order valence-corrected chi connectivity index (χ3v) is 7.36. The Labute approximate surface area is 228 Å². The van der Waals surface area contributed by atoms with E-state index >= 15 is 0 Å². The van der Waals surface area contributed by atoms with Crippen molar-refractivity contribution in [2.24, 2.45) is 5.92 Å². The maximum absolute atomic E-state index is 12.9. The lowest BCUT2D eigenvalue weighted by molar-refractivity contribution is -0.149. The van der Waals surface area contributed by atoms with Crippen LogP contribution in [-0.2, 0) is 41.1 Å². The van der Waals surface area contributed by atoms with Gasteiger partial charge in [0.15, 0.2) is 6.10 Å². The molecule has 2 amide bonds. The zero-order valence-corrected chi connectivity index (χ0v) is 23.4. The van der Waals surface area contributed by atoms with E-state index in [1.54, 1.807) is 44.2 Å². The summed E-state index contributed by atoms with van der Waals surface area (Å²) in [4.78, 5) is 48.4. The fourth-order valence-corrected chi connectivity index (χ4v) is 5.17. The van der Waals surface area contributed by atoms with Gasteiger partial charge in [-0.2, -0.15) is 0 Å². The first-order chi connectivity index (χ1) is 18.5. The molecule has 3 aromatic carbocycles. The van der Waals surface area contributed by atoms with Gasteiger partial charge in [0.05, 0.1) is 13.5 Å². The fourth-order valence-electron chi connectivity index (χ4n) is 4.18. The second-order valence-corrected chi connectivity index (χ2v) is 11.6. The highest BCUT2D eigenvalue weighted by atomic mass is 31.2. The first-order valence-electron chi connectivity index (χ1n) is 12.7. The zero-order chi connectivity index (χ0) is 28.6. The summed E-state index contributed by atoms with van der Waals surface area (Å²) in [5, 5.41) is 7.12. The number of ether oxygens (including phenoxy) is 1. The van der Waals surface area contributed by atoms with Gasteiger partial charge in [0.2, 0.25) is 11.8 Å². The van der Waals surface area contributed by atoms with E-state index in [2.05, 4.69) is 10.6 Å². The molecule has 9 nitrogen and oxygen atoms in total. The summed E-state index contributed by atoms with van der Waals surface area (Å²) in [5.41, 5.74) is 2.61. The summed E-state index contributed by atoms with van der Waals surface area (Å²) in [7, 11) is -3.29. The van der Waals surface area contributed by atoms with Gasteiger partial charge in [-0.15, -0.1) is 0 Å². The molecule has 0 radical (unpaired) electrons. The van der Waals surface area contributed by atoms with Crippen molar-refractivity contribution in [2.75, 3.05) is 13.4 Å². The molecule has 0 fully saturated rings. The number of nitrogens with one attached hydrogen (secondary N) is 2. The quantitative estimate of drug-likeness (QED) is 0.229. The molecule has 3 N–H and O–H groups in total. The van der Waals surface area contributed by atoms with Crippen molar-refractivity contribution in [2.45, 2.75) is 45.8 Å². The second kappa shape index (κ2) is 13.5. The van der Waals surface area contributed by atoms with Crippen molar-refractivity contribution >= 4 is 36.2 Å². The molecule has 208 valence electrons. The molecular weight excluding hydrogens is 519 g/mol. The molecule has 0 aromatic heterocycles. The molecule has 0 bridgehead atoms. The Morgan fingerprint density at radius 2 is 1.72 bits per heavy atom. The topological polar surface area (TPSA) is 131 Å². The van der Waals surface area contributed by atoms with Crippen LogP contribution >= 0.6 is 7.60 Å². The monoisotopic (exact) mass is 554 g/mol. The second-order valence-electron chi connectivity index (χ2n) is 9.75. The average Bonchev–Trinajstić information content (AvgIpc) is 2.90. The predicted molar refractivity (Wildman–Crippen MR) is 149 cm³/mol. The average molecular weight is 555 g/mol. The van der Waals surface area contributed by atoms with Crippen LogP contribution in [0.15, 0.2) is 66.7 Å². The van der Waals surface area contributed by atoms with Crippen molar-refractivity contribution in [3.8, 4) is 0 Å². The van der Waals surface area contributed by atoms with Gasteiger partial charge in [0.1, 0.15) is 12.3 Å². The SMILES string of the molecule is COC(=O)[C@H](Cc1ccccc1)OP(=O)(O)CNC(=O)[C@@H](NC(=O)Cc1cccc2ccc(C)cc12)C(C)C. The predicted octanol–water partition coefficient (Wildman–Crippen LogP) is 3.89. The van der Waals surface area contributed by atoms with Gasteiger partial charge < -0.3 is 20.3 Å². The Balaban J connectivity index is 1.63. The van der Waals surface area contributed by atoms with Gasteiger partial charge in [-0.1, -0.05) is 86.1 Å². The van der Waals surface area contributed by atoms with Crippen LogP contribution in [-0.4, -0.2) is 48.2 Å². The normalized spacial score (nSPS) is 14.3. The first-order valence-corrected chi connectivity index (χ1v) is 14.4. The van der Waals surface area contributed by atoms with Crippen LogP contribution in [0.25, 0.3) is 10.8 Å². The third-order valence-electron chi connectivity index (χ3n) is 6.22. The summed E-state index contributed by atoms with van der Waals surface area (Å²) in [6.45, 7) is 5.50. The Morgan fingerprint density at radius 3 is 2.38 bits per heavy atom. The number of rotatable bonds is 12. The standard InChI is InChI=1S/C29H35N2O7P/c1-19(2)27(31-26(32)17-23-12-8-11-22-14-13-20(3)15-24(22)23)28(33)30-18-39(35,36)38-25(29(34)37-4)16-21-9-6-5-7-10-21/h5-15,19,25,27H,16-18H2,1-4H3,(H,30,33)(H,31,32)(H,35,36)/t25-,27-/m0/s1. The molecule has 0 saturated carbocycles. The highest BCUT2D eigenvalue weighted by Gasteiger charge is 2.33. The summed E-state index contributed by atoms with van der Waals surface area (Å²) >= 11 is 0. The van der Waals surface area contributed by atoms with Crippen molar-refractivity contribution in [3.05, 3.63) is 83.4 Å². The Bertz CT molecular complexity index is 1360. The van der Waals surface area contributed by atoms with E-state index < -0.39 is 37.9 Å². The summed E-state index contributed by atoms with van der Waals surface area (Å²) in [6.07, 6.45) is -1.99. The number of benzene rings is 3. The van der Waals surface area contributed by atoms with Crippen LogP contribution in [0.5, 0.6) is 0 Å². The molecule has 0 saturated heterocycles. The van der Waals surface area contributed by atoms with Gasteiger partial charge in [0, 0.05) is 6.42 Å². The molecule has 3 aromatic rings. The van der Waals surface area contributed by atoms with E-state index in [0.29, 0.717) is 5.56 Å². The van der Waals surface area contributed by atoms with Gasteiger partial charge in [-0.05, 0) is 34.7 Å². The minimum absolute atomic E-state index is 0.0182. The molecule has 0 spiro atoms. The van der Waals surface area contributed by atoms with Gasteiger partial charge in [0.25, 0.3) is 0 Å². The highest BCUT2D eigenvalue weighted by molar-refractivity contribution is 7.52. The van der Waals surface area contributed by atoms with E-state index in [1.807, 2.05) is 43.3 Å². The molecule has 1 unspecified atom stereocenters. The van der Waals surface area contributed by atoms with Crippen LogP contribution in [0.1, 0.15) is 30.5 Å². The van der Waals surface area contributed by atoms with Gasteiger partial charge in [-0.25, -0.2) is 4.79 Å². The summed E-state index contributed by atoms with van der Waals surface area (Å²) in [5.74, 6) is -2.10. The highest BCUT2D eigenvalue weighted by Crippen LogP contribution is 2.42. The number of hydrogen-bond donors (Lipinski definition) is 3. The number of methoxy groups -OCH3 is 1. The number of carbonyl (C=O) groups excluding carboxylic acids is 3. The maximum Gasteiger partial charge on any atom is 0.347 e. The molecule has 3 rings (SSSR count). The van der Waals surface area contributed by atoms with Crippen molar-refractivity contribution in [1.29, 1.82) is 0 Å². The molecule has 3 atom stereocenters. The van der Waals surface area contributed by atoms with Crippen LogP contribution < -0.4 is 10.6 Å². The molecular formula is C29H35N2O7P. The Kier molecular flexibility index (Phi) is 10.4. The molecule has 10 heteroatoms. The molecule has 0 heterocycles. The van der Waals surface area contributed by atoms with Crippen LogP contribution in [0.3, 0.4) is 0 Å². The molecule has 0 aliphatic heterocycles. The maximum atomic E-state index is 12.9. The smallest absolute Gasteiger partial charge is 0.347 e. The number of aryl methyl sites for hydroxylation is 1. The number of hydrogen-bond acceptors (Lipinski definition) is 6. The lowest BCUT2D eigenvalue weighted by Gasteiger charge is -2.24. The third kappa shape index (κ3) is 8.75. The molecule has 39 heavy (non-hydrogen) atoms. The van der Waals surface area contributed by atoms with Gasteiger partial charge in [-0.3, -0.25) is 18.7 Å². The summed E-state index contributed by atoms with van der Waals surface area (Å²) < 4.78 is 22.7. The number of fused-ring (bicyclic) bond motifs is 1. The number of esters is 1. The van der Waals surface area contributed by atoms with E-state index in [9.17, 15) is 23.8 Å². The summed E-state index contributed by atoms with van der Waals surface area (Å²) in [6, 6.07) is 19.6. The van der Waals surface area contributed by atoms with Crippen LogP contribution in [0.2, 0.25) is 0 Å². The van der Waals surface area contributed by atoms with Gasteiger partial charge >= 0.3 is 13.6 Å². The minimum atomic E-state index is -4.44. The fraction of sp³-hybridized carbons (Fsp3) is 0.345. The largest absolute Gasteiger partial charge is 0.467 e. The van der Waals surface area contributed by atoms with Crippen molar-refractivity contribution in [1.82, 2.24) is 10.6 Å². The minimum Gasteiger partial charge on any atom is -0.467 e. The van der Waals surface area contributed by atoms with E-state index in [1.165, 1.54) is 0 Å². The Morgan fingerprint density at radius 1 is 1.00 bits per heavy atom. The number of carbonyl (C=O) groups is 3. The van der Waals surface area contributed by atoms with E-state index in [-0.39, 0.29) is 24.7 Å². The van der Waals surface area contributed by atoms with E-state index in [0.717, 1.165) is 29.0 Å². The van der Waals surface area contributed by atoms with Crippen LogP contribution in [0, 0.1) is 12.8 Å². The molecule has 0 aliphatic rings. The first kappa shape index (κ1) is 30.0. The number of amides is 2. The lowest BCUT2D eigenvalue weighted by atomic mass is 9.99. The van der Waals surface area contributed by atoms with E-state index in [4.69, 9.17) is 9.26 Å². The Hall–Kier alpha value is -3.52. The van der Waals surface area contributed by atoms with Crippen LogP contribution in [0.4, 0.5) is 0 Å².